The normalized spacial score (nSPS) is 11.4. The molecule has 0 bridgehead atoms. The monoisotopic (exact) mass is 497 g/mol. The van der Waals surface area contributed by atoms with Crippen LogP contribution in [0.15, 0.2) is 48.5 Å². The van der Waals surface area contributed by atoms with E-state index in [0.29, 0.717) is 31.7 Å². The van der Waals surface area contributed by atoms with E-state index in [1.54, 1.807) is 39.0 Å². The number of benzene rings is 2. The molecule has 196 valence electrons. The minimum absolute atomic E-state index is 0.0716. The fraction of sp³-hybridized carbons (Fsp3) is 0.464. The van der Waals surface area contributed by atoms with Crippen molar-refractivity contribution in [3.05, 3.63) is 59.7 Å². The Labute approximate surface area is 214 Å². The molecule has 8 nitrogen and oxygen atoms in total. The van der Waals surface area contributed by atoms with Gasteiger partial charge in [0.25, 0.3) is 0 Å². The van der Waals surface area contributed by atoms with Gasteiger partial charge in [-0.3, -0.25) is 9.59 Å². The molecule has 0 atom stereocenters. The van der Waals surface area contributed by atoms with Crippen LogP contribution in [0.25, 0.3) is 0 Å². The smallest absolute Gasteiger partial charge is 0.408 e. The fourth-order valence-electron chi connectivity index (χ4n) is 3.19. The molecule has 0 aliphatic rings. The topological polar surface area (TPSA) is 106 Å². The van der Waals surface area contributed by atoms with Crippen molar-refractivity contribution in [3.8, 4) is 5.75 Å². The second-order valence-electron chi connectivity index (χ2n) is 10.6. The van der Waals surface area contributed by atoms with E-state index in [1.807, 2.05) is 18.2 Å². The largest absolute Gasteiger partial charge is 0.494 e. The minimum Gasteiger partial charge on any atom is -0.494 e. The number of carbonyl (C=O) groups is 3. The van der Waals surface area contributed by atoms with Crippen LogP contribution in [-0.4, -0.2) is 36.7 Å². The van der Waals surface area contributed by atoms with Crippen LogP contribution in [0.2, 0.25) is 0 Å². The molecule has 0 saturated heterocycles. The Morgan fingerprint density at radius 2 is 1.56 bits per heavy atom. The second kappa shape index (κ2) is 13.0. The molecular formula is C28H39N3O5. The molecule has 0 aliphatic carbocycles. The fourth-order valence-corrected chi connectivity index (χ4v) is 3.19. The van der Waals surface area contributed by atoms with Crippen LogP contribution in [0.3, 0.4) is 0 Å². The third-order valence-electron chi connectivity index (χ3n) is 5.03. The number of nitrogens with one attached hydrogen (secondary N) is 3. The number of rotatable bonds is 10. The summed E-state index contributed by atoms with van der Waals surface area (Å²) in [4.78, 5) is 36.0. The van der Waals surface area contributed by atoms with E-state index in [2.05, 4.69) is 48.9 Å². The molecule has 8 heteroatoms. The molecular weight excluding hydrogens is 458 g/mol. The predicted octanol–water partition coefficient (Wildman–Crippen LogP) is 4.92. The Balaban J connectivity index is 1.68. The highest BCUT2D eigenvalue weighted by Crippen LogP contribution is 2.24. The first-order valence-electron chi connectivity index (χ1n) is 12.2. The van der Waals surface area contributed by atoms with Crippen LogP contribution < -0.4 is 20.7 Å². The summed E-state index contributed by atoms with van der Waals surface area (Å²) in [5.74, 6) is 0.344. The zero-order valence-electron chi connectivity index (χ0n) is 22.2. The zero-order chi connectivity index (χ0) is 26.8. The van der Waals surface area contributed by atoms with Gasteiger partial charge in [0.05, 0.1) is 6.61 Å². The van der Waals surface area contributed by atoms with Crippen molar-refractivity contribution in [1.29, 1.82) is 0 Å². The maximum atomic E-state index is 12.2. The lowest BCUT2D eigenvalue weighted by Crippen LogP contribution is -2.37. The van der Waals surface area contributed by atoms with Gasteiger partial charge in [0, 0.05) is 18.7 Å². The van der Waals surface area contributed by atoms with Crippen LogP contribution in [0.1, 0.15) is 65.5 Å². The number of carbonyl (C=O) groups excluding carboxylic acids is 3. The Morgan fingerprint density at radius 3 is 2.19 bits per heavy atom. The van der Waals surface area contributed by atoms with Gasteiger partial charge in [-0.15, -0.1) is 0 Å². The first-order valence-corrected chi connectivity index (χ1v) is 12.2. The van der Waals surface area contributed by atoms with E-state index >= 15 is 0 Å². The number of hydrogen-bond acceptors (Lipinski definition) is 5. The lowest BCUT2D eigenvalue weighted by molar-refractivity contribution is -0.121. The molecule has 0 heterocycles. The quantitative estimate of drug-likeness (QED) is 0.404. The summed E-state index contributed by atoms with van der Waals surface area (Å²) < 4.78 is 10.9. The first kappa shape index (κ1) is 28.7. The van der Waals surface area contributed by atoms with E-state index in [1.165, 1.54) is 5.56 Å². The molecule has 2 aromatic rings. The van der Waals surface area contributed by atoms with Crippen LogP contribution >= 0.6 is 0 Å². The molecule has 0 saturated carbocycles. The highest BCUT2D eigenvalue weighted by molar-refractivity contribution is 5.93. The molecule has 3 N–H and O–H groups in total. The average molecular weight is 498 g/mol. The standard InChI is InChI=1S/C28H39N3O5/c1-27(2,3)21-12-14-23(15-13-21)35-16-8-11-24(32)29-18-20-9-7-10-22(17-20)31-25(33)19-30-26(34)36-28(4,5)6/h7,9-10,12-15,17H,8,11,16,18-19H2,1-6H3,(H,29,32)(H,30,34)(H,31,33). The summed E-state index contributed by atoms with van der Waals surface area (Å²) >= 11 is 0. The summed E-state index contributed by atoms with van der Waals surface area (Å²) in [6.45, 7) is 12.3. The van der Waals surface area contributed by atoms with Crippen molar-refractivity contribution in [1.82, 2.24) is 10.6 Å². The van der Waals surface area contributed by atoms with Gasteiger partial charge in [-0.25, -0.2) is 4.79 Å². The molecule has 3 amide bonds. The van der Waals surface area contributed by atoms with Gasteiger partial charge in [-0.05, 0) is 68.0 Å². The highest BCUT2D eigenvalue weighted by atomic mass is 16.6. The Kier molecular flexibility index (Phi) is 10.3. The third kappa shape index (κ3) is 11.3. The molecule has 2 aromatic carbocycles. The molecule has 0 unspecified atom stereocenters. The van der Waals surface area contributed by atoms with E-state index in [0.717, 1.165) is 11.3 Å². The molecule has 0 aliphatic heterocycles. The average Bonchev–Trinajstić information content (AvgIpc) is 2.78. The number of ether oxygens (including phenoxy) is 2. The summed E-state index contributed by atoms with van der Waals surface area (Å²) in [5, 5.41) is 8.02. The van der Waals surface area contributed by atoms with Crippen molar-refractivity contribution in [2.24, 2.45) is 0 Å². The summed E-state index contributed by atoms with van der Waals surface area (Å²) in [5.41, 5.74) is 2.13. The van der Waals surface area contributed by atoms with Crippen LogP contribution in [0, 0.1) is 0 Å². The second-order valence-corrected chi connectivity index (χ2v) is 10.6. The molecule has 36 heavy (non-hydrogen) atoms. The molecule has 2 rings (SSSR count). The van der Waals surface area contributed by atoms with Crippen molar-refractivity contribution < 1.29 is 23.9 Å². The van der Waals surface area contributed by atoms with Gasteiger partial charge < -0.3 is 25.4 Å². The van der Waals surface area contributed by atoms with Gasteiger partial charge in [0.2, 0.25) is 11.8 Å². The summed E-state index contributed by atoms with van der Waals surface area (Å²) in [7, 11) is 0. The summed E-state index contributed by atoms with van der Waals surface area (Å²) in [6.07, 6.45) is 0.304. The molecule has 0 radical (unpaired) electrons. The van der Waals surface area contributed by atoms with Gasteiger partial charge in [-0.2, -0.15) is 0 Å². The van der Waals surface area contributed by atoms with E-state index in [4.69, 9.17) is 9.47 Å². The number of hydrogen-bond donors (Lipinski definition) is 3. The van der Waals surface area contributed by atoms with Crippen LogP contribution in [-0.2, 0) is 26.3 Å². The number of alkyl carbamates (subject to hydrolysis) is 1. The van der Waals surface area contributed by atoms with Crippen molar-refractivity contribution in [3.63, 3.8) is 0 Å². The van der Waals surface area contributed by atoms with Gasteiger partial charge in [0.15, 0.2) is 0 Å². The minimum atomic E-state index is -0.655. The highest BCUT2D eigenvalue weighted by Gasteiger charge is 2.17. The Hall–Kier alpha value is -3.55. The van der Waals surface area contributed by atoms with Gasteiger partial charge in [-0.1, -0.05) is 45.0 Å². The number of amides is 3. The third-order valence-corrected chi connectivity index (χ3v) is 5.03. The van der Waals surface area contributed by atoms with E-state index < -0.39 is 11.7 Å². The summed E-state index contributed by atoms with van der Waals surface area (Å²) in [6, 6.07) is 15.2. The van der Waals surface area contributed by atoms with Gasteiger partial charge in [0.1, 0.15) is 17.9 Å². The lowest BCUT2D eigenvalue weighted by Gasteiger charge is -2.19. The van der Waals surface area contributed by atoms with Crippen LogP contribution in [0.4, 0.5) is 10.5 Å². The maximum absolute atomic E-state index is 12.2. The lowest BCUT2D eigenvalue weighted by atomic mass is 9.87. The maximum Gasteiger partial charge on any atom is 0.408 e. The Bertz CT molecular complexity index is 1020. The van der Waals surface area contributed by atoms with Gasteiger partial charge >= 0.3 is 6.09 Å². The zero-order valence-corrected chi connectivity index (χ0v) is 22.2. The van der Waals surface area contributed by atoms with Crippen molar-refractivity contribution in [2.75, 3.05) is 18.5 Å². The first-order chi connectivity index (χ1) is 16.8. The SMILES string of the molecule is CC(C)(C)OC(=O)NCC(=O)Nc1cccc(CNC(=O)CCCOc2ccc(C(C)(C)C)cc2)c1. The van der Waals surface area contributed by atoms with Crippen LogP contribution in [0.5, 0.6) is 5.75 Å². The van der Waals surface area contributed by atoms with E-state index in [-0.39, 0.29) is 23.8 Å². The molecule has 0 spiro atoms. The molecule has 0 fully saturated rings. The van der Waals surface area contributed by atoms with Crippen molar-refractivity contribution in [2.45, 2.75) is 71.9 Å². The van der Waals surface area contributed by atoms with E-state index in [9.17, 15) is 14.4 Å². The number of anilines is 1. The predicted molar refractivity (Wildman–Crippen MR) is 141 cm³/mol. The molecule has 0 aromatic heterocycles. The van der Waals surface area contributed by atoms with Crippen molar-refractivity contribution >= 4 is 23.6 Å². The Morgan fingerprint density at radius 1 is 0.861 bits per heavy atom.